The molecule has 0 aliphatic rings. The van der Waals surface area contributed by atoms with E-state index >= 15 is 0 Å². The molecule has 0 amide bonds. The lowest BCUT2D eigenvalue weighted by atomic mass is 10.1. The molecule has 0 aliphatic carbocycles. The van der Waals surface area contributed by atoms with E-state index in [1.54, 1.807) is 17.5 Å². The van der Waals surface area contributed by atoms with Crippen LogP contribution in [0.2, 0.25) is 0 Å². The highest BCUT2D eigenvalue weighted by atomic mass is 32.1. The van der Waals surface area contributed by atoms with Crippen molar-refractivity contribution in [2.24, 2.45) is 5.84 Å². The van der Waals surface area contributed by atoms with Gasteiger partial charge in [0.25, 0.3) is 0 Å². The van der Waals surface area contributed by atoms with Crippen LogP contribution in [0, 0.1) is 5.82 Å². The van der Waals surface area contributed by atoms with Crippen molar-refractivity contribution in [2.45, 2.75) is 0 Å². The number of benzene rings is 1. The van der Waals surface area contributed by atoms with Crippen molar-refractivity contribution in [3.63, 3.8) is 0 Å². The third-order valence-electron chi connectivity index (χ3n) is 2.08. The molecule has 0 radical (unpaired) electrons. The third kappa shape index (κ3) is 1.98. The van der Waals surface area contributed by atoms with Gasteiger partial charge in [-0.25, -0.2) is 15.2 Å². The number of hydrogen-bond acceptors (Lipinski definition) is 5. The SMILES string of the molecule is COc1ccc(-c2csc(NN)n2)c(F)c1. The van der Waals surface area contributed by atoms with Crippen LogP contribution in [0.3, 0.4) is 0 Å². The van der Waals surface area contributed by atoms with Gasteiger partial charge in [0.1, 0.15) is 11.6 Å². The Kier molecular flexibility index (Phi) is 3.02. The van der Waals surface area contributed by atoms with E-state index in [1.807, 2.05) is 0 Å². The molecular weight excluding hydrogens is 229 g/mol. The van der Waals surface area contributed by atoms with Gasteiger partial charge in [-0.3, -0.25) is 5.43 Å². The second-order valence-corrected chi connectivity index (χ2v) is 3.89. The van der Waals surface area contributed by atoms with Gasteiger partial charge in [0, 0.05) is 17.0 Å². The van der Waals surface area contributed by atoms with E-state index in [0.29, 0.717) is 22.1 Å². The van der Waals surface area contributed by atoms with Gasteiger partial charge in [0.05, 0.1) is 12.8 Å². The van der Waals surface area contributed by atoms with Gasteiger partial charge < -0.3 is 4.74 Å². The van der Waals surface area contributed by atoms with E-state index in [2.05, 4.69) is 10.4 Å². The minimum atomic E-state index is -0.367. The maximum atomic E-state index is 13.7. The number of nitrogen functional groups attached to an aromatic ring is 1. The van der Waals surface area contributed by atoms with Gasteiger partial charge in [-0.2, -0.15) is 0 Å². The van der Waals surface area contributed by atoms with Crippen molar-refractivity contribution in [1.82, 2.24) is 4.98 Å². The van der Waals surface area contributed by atoms with Gasteiger partial charge in [-0.1, -0.05) is 0 Å². The molecule has 0 bridgehead atoms. The number of ether oxygens (including phenoxy) is 1. The van der Waals surface area contributed by atoms with Gasteiger partial charge in [-0.15, -0.1) is 11.3 Å². The summed E-state index contributed by atoms with van der Waals surface area (Å²) >= 11 is 1.32. The number of hydrogen-bond donors (Lipinski definition) is 2. The first-order valence-electron chi connectivity index (χ1n) is 4.50. The quantitative estimate of drug-likeness (QED) is 0.637. The molecule has 16 heavy (non-hydrogen) atoms. The summed E-state index contributed by atoms with van der Waals surface area (Å²) in [7, 11) is 1.49. The normalized spacial score (nSPS) is 10.2. The molecule has 84 valence electrons. The Hall–Kier alpha value is -1.66. The van der Waals surface area contributed by atoms with Crippen molar-refractivity contribution in [1.29, 1.82) is 0 Å². The molecule has 0 fully saturated rings. The number of nitrogens with one attached hydrogen (secondary N) is 1. The Labute approximate surface area is 95.9 Å². The molecule has 4 nitrogen and oxygen atoms in total. The Morgan fingerprint density at radius 3 is 2.88 bits per heavy atom. The zero-order valence-electron chi connectivity index (χ0n) is 8.53. The van der Waals surface area contributed by atoms with Gasteiger partial charge in [-0.05, 0) is 12.1 Å². The highest BCUT2D eigenvalue weighted by Gasteiger charge is 2.09. The van der Waals surface area contributed by atoms with Crippen molar-refractivity contribution in [2.75, 3.05) is 12.5 Å². The van der Waals surface area contributed by atoms with Crippen molar-refractivity contribution < 1.29 is 9.13 Å². The summed E-state index contributed by atoms with van der Waals surface area (Å²) in [5.74, 6) is 5.32. The zero-order chi connectivity index (χ0) is 11.5. The van der Waals surface area contributed by atoms with E-state index in [1.165, 1.54) is 24.5 Å². The van der Waals surface area contributed by atoms with Crippen LogP contribution in [0.1, 0.15) is 0 Å². The molecular formula is C10H10FN3OS. The number of hydrazine groups is 1. The maximum Gasteiger partial charge on any atom is 0.197 e. The van der Waals surface area contributed by atoms with Crippen LogP contribution in [0.4, 0.5) is 9.52 Å². The number of halogens is 1. The first-order valence-corrected chi connectivity index (χ1v) is 5.38. The highest BCUT2D eigenvalue weighted by molar-refractivity contribution is 7.14. The minimum absolute atomic E-state index is 0.367. The van der Waals surface area contributed by atoms with Gasteiger partial charge in [0.15, 0.2) is 5.13 Å². The summed E-state index contributed by atoms with van der Waals surface area (Å²) in [6, 6.07) is 4.64. The maximum absolute atomic E-state index is 13.7. The van der Waals surface area contributed by atoms with E-state index in [-0.39, 0.29) is 5.82 Å². The van der Waals surface area contributed by atoms with E-state index in [0.717, 1.165) is 0 Å². The van der Waals surface area contributed by atoms with Crippen molar-refractivity contribution >= 4 is 16.5 Å². The second kappa shape index (κ2) is 4.46. The predicted molar refractivity (Wildman–Crippen MR) is 61.9 cm³/mol. The van der Waals surface area contributed by atoms with Crippen LogP contribution in [-0.4, -0.2) is 12.1 Å². The summed E-state index contributed by atoms with van der Waals surface area (Å²) in [5.41, 5.74) is 3.40. The molecule has 0 saturated heterocycles. The number of aromatic nitrogens is 1. The Balaban J connectivity index is 2.40. The van der Waals surface area contributed by atoms with Crippen LogP contribution in [0.25, 0.3) is 11.3 Å². The first kappa shape index (κ1) is 10.8. The standard InChI is InChI=1S/C10H10FN3OS/c1-15-6-2-3-7(8(11)4-6)9-5-16-10(13-9)14-12/h2-5H,12H2,1H3,(H,13,14). The number of methoxy groups -OCH3 is 1. The second-order valence-electron chi connectivity index (χ2n) is 3.03. The Morgan fingerprint density at radius 2 is 2.31 bits per heavy atom. The molecule has 0 unspecified atom stereocenters. The minimum Gasteiger partial charge on any atom is -0.497 e. The van der Waals surface area contributed by atoms with Gasteiger partial charge in [0.2, 0.25) is 0 Å². The summed E-state index contributed by atoms with van der Waals surface area (Å²) < 4.78 is 18.6. The van der Waals surface area contributed by atoms with Crippen molar-refractivity contribution in [3.05, 3.63) is 29.4 Å². The fourth-order valence-electron chi connectivity index (χ4n) is 1.29. The number of nitrogens with two attached hydrogens (primary N) is 1. The number of anilines is 1. The van der Waals surface area contributed by atoms with Gasteiger partial charge >= 0.3 is 0 Å². The fraction of sp³-hybridized carbons (Fsp3) is 0.100. The summed E-state index contributed by atoms with van der Waals surface area (Å²) in [5, 5.41) is 2.28. The predicted octanol–water partition coefficient (Wildman–Crippen LogP) is 2.24. The van der Waals surface area contributed by atoms with E-state index in [4.69, 9.17) is 10.6 Å². The zero-order valence-corrected chi connectivity index (χ0v) is 9.34. The lowest BCUT2D eigenvalue weighted by Gasteiger charge is -2.02. The van der Waals surface area contributed by atoms with Crippen LogP contribution < -0.4 is 16.0 Å². The average molecular weight is 239 g/mol. The molecule has 3 N–H and O–H groups in total. The highest BCUT2D eigenvalue weighted by Crippen LogP contribution is 2.28. The van der Waals surface area contributed by atoms with Crippen LogP contribution in [-0.2, 0) is 0 Å². The number of nitrogens with zero attached hydrogens (tertiary/aromatic N) is 1. The lowest BCUT2D eigenvalue weighted by molar-refractivity contribution is 0.411. The van der Waals surface area contributed by atoms with E-state index in [9.17, 15) is 4.39 Å². The molecule has 1 heterocycles. The third-order valence-corrected chi connectivity index (χ3v) is 2.85. The summed E-state index contributed by atoms with van der Waals surface area (Å²) in [6.45, 7) is 0. The summed E-state index contributed by atoms with van der Waals surface area (Å²) in [4.78, 5) is 4.12. The van der Waals surface area contributed by atoms with E-state index < -0.39 is 0 Å². The molecule has 1 aromatic heterocycles. The molecule has 6 heteroatoms. The van der Waals surface area contributed by atoms with Crippen LogP contribution in [0.5, 0.6) is 5.75 Å². The molecule has 1 aromatic carbocycles. The first-order chi connectivity index (χ1) is 7.74. The molecule has 0 spiro atoms. The van der Waals surface area contributed by atoms with Crippen LogP contribution in [0.15, 0.2) is 23.6 Å². The molecule has 0 aliphatic heterocycles. The molecule has 0 saturated carbocycles. The monoisotopic (exact) mass is 239 g/mol. The summed E-state index contributed by atoms with van der Waals surface area (Å²) in [6.07, 6.45) is 0. The Morgan fingerprint density at radius 1 is 1.50 bits per heavy atom. The average Bonchev–Trinajstić information content (AvgIpc) is 2.77. The smallest absolute Gasteiger partial charge is 0.197 e. The number of thiazole rings is 1. The fourth-order valence-corrected chi connectivity index (χ4v) is 1.92. The topological polar surface area (TPSA) is 60.2 Å². The van der Waals surface area contributed by atoms with Crippen LogP contribution >= 0.6 is 11.3 Å². The lowest BCUT2D eigenvalue weighted by Crippen LogP contribution is -2.05. The molecule has 2 rings (SSSR count). The molecule has 2 aromatic rings. The largest absolute Gasteiger partial charge is 0.497 e. The Bertz CT molecular complexity index is 501. The number of rotatable bonds is 3. The molecule has 0 atom stereocenters. The van der Waals surface area contributed by atoms with Crippen molar-refractivity contribution in [3.8, 4) is 17.0 Å².